The van der Waals surface area contributed by atoms with Gasteiger partial charge >= 0.3 is 0 Å². The Balaban J connectivity index is 1.13. The van der Waals surface area contributed by atoms with E-state index in [1.54, 1.807) is 0 Å². The van der Waals surface area contributed by atoms with Crippen molar-refractivity contribution in [3.63, 3.8) is 0 Å². The van der Waals surface area contributed by atoms with Crippen molar-refractivity contribution in [2.45, 2.75) is 64.5 Å². The van der Waals surface area contributed by atoms with Gasteiger partial charge in [0.1, 0.15) is 0 Å². The van der Waals surface area contributed by atoms with Crippen LogP contribution in [0.4, 0.5) is 0 Å². The molecular weight excluding hydrogens is 382 g/mol. The molecule has 2 aromatic rings. The number of piperidine rings is 1. The van der Waals surface area contributed by atoms with Gasteiger partial charge in [0.15, 0.2) is 0 Å². The van der Waals surface area contributed by atoms with Crippen LogP contribution in [0.3, 0.4) is 0 Å². The van der Waals surface area contributed by atoms with E-state index >= 15 is 0 Å². The number of amides is 1. The highest BCUT2D eigenvalue weighted by Crippen LogP contribution is 2.31. The van der Waals surface area contributed by atoms with Crippen LogP contribution in [0.15, 0.2) is 42.5 Å². The SMILES string of the molecule is Cc1cccc(C2CCN(CCCCCC(=O)N3Cc4ccccc4C3)CC2)c1C#N. The summed E-state index contributed by atoms with van der Waals surface area (Å²) in [5.41, 5.74) is 5.81. The van der Waals surface area contributed by atoms with Gasteiger partial charge in [-0.2, -0.15) is 5.26 Å². The highest BCUT2D eigenvalue weighted by Gasteiger charge is 2.24. The summed E-state index contributed by atoms with van der Waals surface area (Å²) in [4.78, 5) is 17.1. The fourth-order valence-electron chi connectivity index (χ4n) is 5.11. The van der Waals surface area contributed by atoms with E-state index in [0.29, 0.717) is 18.2 Å². The van der Waals surface area contributed by atoms with E-state index in [4.69, 9.17) is 0 Å². The number of hydrogen-bond acceptors (Lipinski definition) is 3. The molecule has 1 saturated heterocycles. The molecule has 0 aromatic heterocycles. The molecule has 2 aromatic carbocycles. The molecule has 162 valence electrons. The zero-order valence-corrected chi connectivity index (χ0v) is 18.6. The highest BCUT2D eigenvalue weighted by atomic mass is 16.2. The van der Waals surface area contributed by atoms with E-state index < -0.39 is 0 Å². The Morgan fingerprint density at radius 3 is 2.39 bits per heavy atom. The van der Waals surface area contributed by atoms with Crippen molar-refractivity contribution in [2.75, 3.05) is 19.6 Å². The van der Waals surface area contributed by atoms with E-state index in [-0.39, 0.29) is 0 Å². The van der Waals surface area contributed by atoms with Gasteiger partial charge in [-0.3, -0.25) is 4.79 Å². The zero-order valence-electron chi connectivity index (χ0n) is 18.6. The van der Waals surface area contributed by atoms with Crippen LogP contribution < -0.4 is 0 Å². The van der Waals surface area contributed by atoms with Crippen LogP contribution >= 0.6 is 0 Å². The van der Waals surface area contributed by atoms with Gasteiger partial charge < -0.3 is 9.80 Å². The second-order valence-electron chi connectivity index (χ2n) is 9.10. The van der Waals surface area contributed by atoms with Gasteiger partial charge in [0.2, 0.25) is 5.91 Å². The van der Waals surface area contributed by atoms with Gasteiger partial charge in [0, 0.05) is 19.5 Å². The molecule has 4 nitrogen and oxygen atoms in total. The number of nitrogens with zero attached hydrogens (tertiary/aromatic N) is 3. The first-order valence-corrected chi connectivity index (χ1v) is 11.7. The lowest BCUT2D eigenvalue weighted by molar-refractivity contribution is -0.131. The molecule has 0 spiro atoms. The maximum atomic E-state index is 12.5. The smallest absolute Gasteiger partial charge is 0.223 e. The number of carbonyl (C=O) groups is 1. The average molecular weight is 416 g/mol. The number of fused-ring (bicyclic) bond motifs is 1. The van der Waals surface area contributed by atoms with Crippen molar-refractivity contribution in [1.29, 1.82) is 5.26 Å². The molecule has 2 aliphatic heterocycles. The summed E-state index contributed by atoms with van der Waals surface area (Å²) in [5.74, 6) is 0.802. The Hall–Kier alpha value is -2.64. The Kier molecular flexibility index (Phi) is 7.04. The third-order valence-electron chi connectivity index (χ3n) is 7.00. The van der Waals surface area contributed by atoms with Crippen molar-refractivity contribution in [3.8, 4) is 6.07 Å². The monoisotopic (exact) mass is 415 g/mol. The van der Waals surface area contributed by atoms with E-state index in [1.165, 1.54) is 16.7 Å². The number of benzene rings is 2. The summed E-state index contributed by atoms with van der Waals surface area (Å²) in [6, 6.07) is 17.0. The first-order chi connectivity index (χ1) is 15.2. The van der Waals surface area contributed by atoms with Crippen molar-refractivity contribution < 1.29 is 4.79 Å². The molecule has 0 saturated carbocycles. The second kappa shape index (κ2) is 10.1. The van der Waals surface area contributed by atoms with Crippen LogP contribution in [0.1, 0.15) is 72.3 Å². The quantitative estimate of drug-likeness (QED) is 0.588. The Morgan fingerprint density at radius 2 is 1.71 bits per heavy atom. The largest absolute Gasteiger partial charge is 0.334 e. The van der Waals surface area contributed by atoms with Gasteiger partial charge in [0.05, 0.1) is 11.6 Å². The van der Waals surface area contributed by atoms with Gasteiger partial charge in [-0.1, -0.05) is 48.9 Å². The predicted octanol–water partition coefficient (Wildman–Crippen LogP) is 5.15. The molecule has 2 heterocycles. The lowest BCUT2D eigenvalue weighted by atomic mass is 9.85. The lowest BCUT2D eigenvalue weighted by Gasteiger charge is -2.32. The minimum absolute atomic E-state index is 0.295. The minimum Gasteiger partial charge on any atom is -0.334 e. The van der Waals surface area contributed by atoms with Gasteiger partial charge in [-0.15, -0.1) is 0 Å². The van der Waals surface area contributed by atoms with Crippen LogP contribution in [0.5, 0.6) is 0 Å². The predicted molar refractivity (Wildman–Crippen MR) is 123 cm³/mol. The maximum Gasteiger partial charge on any atom is 0.223 e. The molecule has 31 heavy (non-hydrogen) atoms. The molecule has 4 rings (SSSR count). The lowest BCUT2D eigenvalue weighted by Crippen LogP contribution is -2.34. The number of nitriles is 1. The van der Waals surface area contributed by atoms with Gasteiger partial charge in [-0.05, 0) is 80.4 Å². The molecule has 0 N–H and O–H groups in total. The molecular formula is C27H33N3O. The molecule has 2 aliphatic rings. The third kappa shape index (κ3) is 5.17. The number of carbonyl (C=O) groups excluding carboxylic acids is 1. The first kappa shape index (κ1) is 21.6. The summed E-state index contributed by atoms with van der Waals surface area (Å²) in [6.07, 6.45) is 6.19. The standard InChI is InChI=1S/C27H33N3O/c1-21-8-7-11-25(26(21)18-28)22-13-16-29(17-14-22)15-6-2-3-12-27(31)30-19-23-9-4-5-10-24(23)20-30/h4-5,7-11,22H,2-3,6,12-17,19-20H2,1H3. The Labute approximate surface area is 186 Å². The molecule has 0 radical (unpaired) electrons. The minimum atomic E-state index is 0.295. The molecule has 0 unspecified atom stereocenters. The molecule has 1 fully saturated rings. The van der Waals surface area contributed by atoms with E-state index in [2.05, 4.69) is 47.4 Å². The molecule has 0 bridgehead atoms. The van der Waals surface area contributed by atoms with E-state index in [0.717, 1.165) is 76.0 Å². The molecule has 4 heteroatoms. The summed E-state index contributed by atoms with van der Waals surface area (Å²) in [6.45, 7) is 6.92. The topological polar surface area (TPSA) is 47.3 Å². The number of unbranched alkanes of at least 4 members (excludes halogenated alkanes) is 2. The van der Waals surface area contributed by atoms with Crippen LogP contribution in [0.25, 0.3) is 0 Å². The van der Waals surface area contributed by atoms with E-state index in [1.807, 2.05) is 17.9 Å². The normalized spacial score (nSPS) is 16.8. The summed E-state index contributed by atoms with van der Waals surface area (Å²) in [7, 11) is 0. The zero-order chi connectivity index (χ0) is 21.6. The van der Waals surface area contributed by atoms with Crippen molar-refractivity contribution in [2.24, 2.45) is 0 Å². The maximum absolute atomic E-state index is 12.5. The van der Waals surface area contributed by atoms with Crippen LogP contribution in [0.2, 0.25) is 0 Å². The molecule has 0 aliphatic carbocycles. The van der Waals surface area contributed by atoms with E-state index in [9.17, 15) is 10.1 Å². The average Bonchev–Trinajstić information content (AvgIpc) is 3.23. The third-order valence-corrected chi connectivity index (χ3v) is 7.00. The number of aryl methyl sites for hydroxylation is 1. The van der Waals surface area contributed by atoms with Crippen LogP contribution in [0, 0.1) is 18.3 Å². The van der Waals surface area contributed by atoms with Crippen molar-refractivity contribution in [1.82, 2.24) is 9.80 Å². The van der Waals surface area contributed by atoms with Crippen LogP contribution in [-0.2, 0) is 17.9 Å². The fourth-order valence-corrected chi connectivity index (χ4v) is 5.11. The number of hydrogen-bond donors (Lipinski definition) is 0. The Bertz CT molecular complexity index is 928. The Morgan fingerprint density at radius 1 is 1.00 bits per heavy atom. The summed E-state index contributed by atoms with van der Waals surface area (Å²) >= 11 is 0. The fraction of sp³-hybridized carbons (Fsp3) is 0.481. The molecule has 1 amide bonds. The van der Waals surface area contributed by atoms with Gasteiger partial charge in [0.25, 0.3) is 0 Å². The molecule has 0 atom stereocenters. The van der Waals surface area contributed by atoms with Gasteiger partial charge in [-0.25, -0.2) is 0 Å². The van der Waals surface area contributed by atoms with Crippen molar-refractivity contribution >= 4 is 5.91 Å². The second-order valence-corrected chi connectivity index (χ2v) is 9.10. The highest BCUT2D eigenvalue weighted by molar-refractivity contribution is 5.76. The summed E-state index contributed by atoms with van der Waals surface area (Å²) < 4.78 is 0. The van der Waals surface area contributed by atoms with Crippen molar-refractivity contribution in [3.05, 3.63) is 70.3 Å². The van der Waals surface area contributed by atoms with Crippen LogP contribution in [-0.4, -0.2) is 35.3 Å². The number of likely N-dealkylation sites (tertiary alicyclic amines) is 1. The number of rotatable bonds is 7. The first-order valence-electron chi connectivity index (χ1n) is 11.7. The summed E-state index contributed by atoms with van der Waals surface area (Å²) in [5, 5.41) is 9.52.